The smallest absolute Gasteiger partial charge is 0.240 e. The number of hydrogen-bond donors (Lipinski definition) is 2. The molecule has 7 nitrogen and oxygen atoms in total. The third-order valence-electron chi connectivity index (χ3n) is 5.27. The first kappa shape index (κ1) is 19.8. The SMILES string of the molecule is CCCNS(=O)(=O)c1ccc(NC(=O)C2CC(=O)N(C3CCCC3)C2)cc1. The van der Waals surface area contributed by atoms with Crippen LogP contribution in [0.15, 0.2) is 29.2 Å². The largest absolute Gasteiger partial charge is 0.339 e. The maximum Gasteiger partial charge on any atom is 0.240 e. The van der Waals surface area contributed by atoms with E-state index in [4.69, 9.17) is 0 Å². The highest BCUT2D eigenvalue weighted by Gasteiger charge is 2.38. The lowest BCUT2D eigenvalue weighted by atomic mass is 10.1. The van der Waals surface area contributed by atoms with Crippen molar-refractivity contribution in [2.75, 3.05) is 18.4 Å². The summed E-state index contributed by atoms with van der Waals surface area (Å²) in [6.07, 6.45) is 5.31. The van der Waals surface area contributed by atoms with E-state index in [1.165, 1.54) is 12.1 Å². The van der Waals surface area contributed by atoms with E-state index in [-0.39, 0.29) is 35.1 Å². The number of anilines is 1. The van der Waals surface area contributed by atoms with Crippen molar-refractivity contribution in [1.82, 2.24) is 9.62 Å². The van der Waals surface area contributed by atoms with Crippen LogP contribution in [0.3, 0.4) is 0 Å². The molecule has 0 radical (unpaired) electrons. The van der Waals surface area contributed by atoms with Crippen molar-refractivity contribution in [3.8, 4) is 0 Å². The van der Waals surface area contributed by atoms with Gasteiger partial charge in [0.15, 0.2) is 0 Å². The fourth-order valence-electron chi connectivity index (χ4n) is 3.76. The molecule has 2 amide bonds. The third-order valence-corrected chi connectivity index (χ3v) is 6.75. The van der Waals surface area contributed by atoms with Gasteiger partial charge in [-0.3, -0.25) is 9.59 Å². The van der Waals surface area contributed by atoms with Crippen LogP contribution in [0.1, 0.15) is 45.4 Å². The Morgan fingerprint density at radius 3 is 2.48 bits per heavy atom. The van der Waals surface area contributed by atoms with Crippen molar-refractivity contribution in [3.05, 3.63) is 24.3 Å². The summed E-state index contributed by atoms with van der Waals surface area (Å²) in [5, 5.41) is 2.80. The third kappa shape index (κ3) is 4.68. The first-order valence-corrected chi connectivity index (χ1v) is 11.1. The van der Waals surface area contributed by atoms with Crippen LogP contribution in [0.2, 0.25) is 0 Å². The minimum Gasteiger partial charge on any atom is -0.339 e. The number of benzene rings is 1. The van der Waals surface area contributed by atoms with Crippen LogP contribution in [0.25, 0.3) is 0 Å². The second-order valence-corrected chi connectivity index (χ2v) is 9.06. The number of rotatable bonds is 7. The van der Waals surface area contributed by atoms with Crippen LogP contribution in [0.4, 0.5) is 5.69 Å². The number of nitrogens with zero attached hydrogens (tertiary/aromatic N) is 1. The highest BCUT2D eigenvalue weighted by molar-refractivity contribution is 7.89. The minimum atomic E-state index is -3.52. The number of sulfonamides is 1. The summed E-state index contributed by atoms with van der Waals surface area (Å²) in [6, 6.07) is 6.38. The zero-order chi connectivity index (χ0) is 19.4. The lowest BCUT2D eigenvalue weighted by Gasteiger charge is -2.23. The Kier molecular flexibility index (Phi) is 6.16. The average Bonchev–Trinajstić information content (AvgIpc) is 3.30. The topological polar surface area (TPSA) is 95.6 Å². The maximum atomic E-state index is 12.5. The van der Waals surface area contributed by atoms with Crippen molar-refractivity contribution < 1.29 is 18.0 Å². The molecule has 1 unspecified atom stereocenters. The molecule has 1 saturated carbocycles. The standard InChI is InChI=1S/C19H27N3O4S/c1-2-11-20-27(25,26)17-9-7-15(8-10-17)21-19(24)14-12-18(23)22(13-14)16-5-3-4-6-16/h7-10,14,16,20H,2-6,11-13H2,1H3,(H,21,24). The van der Waals surface area contributed by atoms with Gasteiger partial charge in [0.1, 0.15) is 0 Å². The van der Waals surface area contributed by atoms with Crippen molar-refractivity contribution in [3.63, 3.8) is 0 Å². The van der Waals surface area contributed by atoms with E-state index in [1.807, 2.05) is 11.8 Å². The second kappa shape index (κ2) is 8.39. The van der Waals surface area contributed by atoms with Crippen molar-refractivity contribution in [1.29, 1.82) is 0 Å². The Labute approximate surface area is 160 Å². The summed E-state index contributed by atoms with van der Waals surface area (Å²) in [5.74, 6) is -0.484. The molecule has 0 bridgehead atoms. The van der Waals surface area contributed by atoms with E-state index in [1.54, 1.807) is 12.1 Å². The van der Waals surface area contributed by atoms with Crippen LogP contribution >= 0.6 is 0 Å². The molecule has 1 aliphatic carbocycles. The molecule has 1 aromatic carbocycles. The van der Waals surface area contributed by atoms with Gasteiger partial charge in [0.2, 0.25) is 21.8 Å². The number of amides is 2. The summed E-state index contributed by atoms with van der Waals surface area (Å²) in [6.45, 7) is 2.75. The summed E-state index contributed by atoms with van der Waals surface area (Å²) in [4.78, 5) is 26.8. The summed E-state index contributed by atoms with van der Waals surface area (Å²) in [5.41, 5.74) is 0.529. The molecule has 2 N–H and O–H groups in total. The van der Waals surface area contributed by atoms with Crippen molar-refractivity contribution in [2.24, 2.45) is 5.92 Å². The van der Waals surface area contributed by atoms with Crippen LogP contribution in [-0.2, 0) is 19.6 Å². The summed E-state index contributed by atoms with van der Waals surface area (Å²) < 4.78 is 26.7. The van der Waals surface area contributed by atoms with Gasteiger partial charge >= 0.3 is 0 Å². The molecule has 8 heteroatoms. The van der Waals surface area contributed by atoms with E-state index in [0.717, 1.165) is 25.7 Å². The van der Waals surface area contributed by atoms with Gasteiger partial charge in [-0.25, -0.2) is 13.1 Å². The predicted octanol–water partition coefficient (Wildman–Crippen LogP) is 2.10. The van der Waals surface area contributed by atoms with Gasteiger partial charge in [0, 0.05) is 31.2 Å². The Balaban J connectivity index is 1.59. The van der Waals surface area contributed by atoms with Crippen molar-refractivity contribution in [2.45, 2.75) is 56.4 Å². The predicted molar refractivity (Wildman–Crippen MR) is 103 cm³/mol. The van der Waals surface area contributed by atoms with Crippen LogP contribution in [-0.4, -0.2) is 44.3 Å². The second-order valence-electron chi connectivity index (χ2n) is 7.30. The zero-order valence-corrected chi connectivity index (χ0v) is 16.4. The van der Waals surface area contributed by atoms with Gasteiger partial charge in [-0.15, -0.1) is 0 Å². The van der Waals surface area contributed by atoms with E-state index >= 15 is 0 Å². The zero-order valence-electron chi connectivity index (χ0n) is 15.6. The number of carbonyl (C=O) groups excluding carboxylic acids is 2. The summed E-state index contributed by atoms with van der Waals surface area (Å²) >= 11 is 0. The molecular weight excluding hydrogens is 366 g/mol. The molecule has 1 saturated heterocycles. The number of hydrogen-bond acceptors (Lipinski definition) is 4. The van der Waals surface area contributed by atoms with E-state index in [2.05, 4.69) is 10.0 Å². The first-order valence-electron chi connectivity index (χ1n) is 9.61. The van der Waals surface area contributed by atoms with E-state index < -0.39 is 10.0 Å². The van der Waals surface area contributed by atoms with Gasteiger partial charge in [-0.1, -0.05) is 19.8 Å². The van der Waals surface area contributed by atoms with Gasteiger partial charge in [-0.2, -0.15) is 0 Å². The summed E-state index contributed by atoms with van der Waals surface area (Å²) in [7, 11) is -3.52. The average molecular weight is 394 g/mol. The van der Waals surface area contributed by atoms with Gasteiger partial charge < -0.3 is 10.2 Å². The lowest BCUT2D eigenvalue weighted by Crippen LogP contribution is -2.35. The fourth-order valence-corrected chi connectivity index (χ4v) is 4.89. The molecule has 27 heavy (non-hydrogen) atoms. The molecule has 1 heterocycles. The Morgan fingerprint density at radius 1 is 1.19 bits per heavy atom. The molecule has 3 rings (SSSR count). The lowest BCUT2D eigenvalue weighted by molar-refractivity contribution is -0.129. The number of nitrogens with one attached hydrogen (secondary N) is 2. The Bertz CT molecular complexity index is 786. The molecule has 2 aliphatic rings. The van der Waals surface area contributed by atoms with Crippen LogP contribution in [0.5, 0.6) is 0 Å². The van der Waals surface area contributed by atoms with E-state index in [0.29, 0.717) is 25.2 Å². The Hall–Kier alpha value is -1.93. The van der Waals surface area contributed by atoms with E-state index in [9.17, 15) is 18.0 Å². The number of carbonyl (C=O) groups is 2. The minimum absolute atomic E-state index is 0.0606. The van der Waals surface area contributed by atoms with Crippen molar-refractivity contribution >= 4 is 27.5 Å². The molecule has 0 aromatic heterocycles. The normalized spacial score (nSPS) is 21.0. The van der Waals surface area contributed by atoms with Gasteiger partial charge in [0.25, 0.3) is 0 Å². The monoisotopic (exact) mass is 393 g/mol. The molecule has 1 aliphatic heterocycles. The quantitative estimate of drug-likeness (QED) is 0.742. The molecule has 0 spiro atoms. The van der Waals surface area contributed by atoms with Gasteiger partial charge in [-0.05, 0) is 43.5 Å². The Morgan fingerprint density at radius 2 is 1.85 bits per heavy atom. The first-order chi connectivity index (χ1) is 12.9. The maximum absolute atomic E-state index is 12.5. The molecule has 1 atom stereocenters. The van der Waals surface area contributed by atoms with Crippen LogP contribution in [0, 0.1) is 5.92 Å². The molecule has 2 fully saturated rings. The molecule has 1 aromatic rings. The van der Waals surface area contributed by atoms with Gasteiger partial charge in [0.05, 0.1) is 10.8 Å². The molecule has 148 valence electrons. The van der Waals surface area contributed by atoms with Crippen LogP contribution < -0.4 is 10.0 Å². The molecular formula is C19H27N3O4S. The highest BCUT2D eigenvalue weighted by Crippen LogP contribution is 2.30. The number of likely N-dealkylation sites (tertiary alicyclic amines) is 1. The highest BCUT2D eigenvalue weighted by atomic mass is 32.2. The fraction of sp³-hybridized carbons (Fsp3) is 0.579.